The Morgan fingerprint density at radius 1 is 1.53 bits per heavy atom. The summed E-state index contributed by atoms with van der Waals surface area (Å²) >= 11 is 0. The molecule has 0 radical (unpaired) electrons. The molecule has 0 spiro atoms. The van der Waals surface area contributed by atoms with Gasteiger partial charge in [0.05, 0.1) is 0 Å². The number of carbonyl (C=O) groups excluding carboxylic acids is 1. The number of carbonyl (C=O) groups is 1. The molecule has 1 amide bonds. The van der Waals surface area contributed by atoms with Gasteiger partial charge in [0.25, 0.3) is 5.91 Å². The summed E-state index contributed by atoms with van der Waals surface area (Å²) in [6, 6.07) is 3.23. The van der Waals surface area contributed by atoms with Gasteiger partial charge >= 0.3 is 0 Å². The second kappa shape index (κ2) is 3.82. The van der Waals surface area contributed by atoms with Crippen molar-refractivity contribution in [3.63, 3.8) is 0 Å². The number of nitrogens with one attached hydrogen (secondary N) is 3. The number of hydrogen-bond donors (Lipinski definition) is 3. The Labute approximate surface area is 84.9 Å². The number of anilines is 2. The third-order valence-electron chi connectivity index (χ3n) is 1.72. The zero-order chi connectivity index (χ0) is 10.7. The van der Waals surface area contributed by atoms with Crippen LogP contribution in [0.15, 0.2) is 22.9 Å². The first kappa shape index (κ1) is 9.25. The quantitative estimate of drug-likeness (QED) is 0.688. The van der Waals surface area contributed by atoms with Crippen LogP contribution in [0.3, 0.4) is 0 Å². The molecule has 0 aliphatic carbocycles. The standard InChI is InChI=1S/C8H9N5O2/c1-9-6-3-2-5(15-6)7(14)12-8-10-4-11-13-8/h2-4,9H,1H3,(H2,10,11,12,13,14). The molecule has 0 aromatic carbocycles. The highest BCUT2D eigenvalue weighted by Gasteiger charge is 2.11. The molecular weight excluding hydrogens is 198 g/mol. The molecule has 0 saturated carbocycles. The van der Waals surface area contributed by atoms with E-state index in [0.29, 0.717) is 5.88 Å². The fourth-order valence-electron chi connectivity index (χ4n) is 1.03. The van der Waals surface area contributed by atoms with E-state index in [-0.39, 0.29) is 17.6 Å². The minimum atomic E-state index is -0.381. The van der Waals surface area contributed by atoms with E-state index in [9.17, 15) is 4.79 Å². The third-order valence-corrected chi connectivity index (χ3v) is 1.72. The molecule has 7 nitrogen and oxygen atoms in total. The van der Waals surface area contributed by atoms with E-state index in [4.69, 9.17) is 4.42 Å². The molecule has 0 fully saturated rings. The second-order valence-electron chi connectivity index (χ2n) is 2.70. The molecule has 0 saturated heterocycles. The van der Waals surface area contributed by atoms with Crippen molar-refractivity contribution >= 4 is 17.7 Å². The Bertz CT molecular complexity index is 447. The lowest BCUT2D eigenvalue weighted by molar-refractivity contribution is 0.0997. The van der Waals surface area contributed by atoms with Crippen molar-refractivity contribution in [2.75, 3.05) is 17.7 Å². The third kappa shape index (κ3) is 1.96. The molecular formula is C8H9N5O2. The molecule has 15 heavy (non-hydrogen) atoms. The maximum absolute atomic E-state index is 11.5. The van der Waals surface area contributed by atoms with Gasteiger partial charge in [-0.05, 0) is 6.07 Å². The topological polar surface area (TPSA) is 95.8 Å². The zero-order valence-corrected chi connectivity index (χ0v) is 7.94. The van der Waals surface area contributed by atoms with E-state index in [1.807, 2.05) is 0 Å². The Hall–Kier alpha value is -2.31. The highest BCUT2D eigenvalue weighted by Crippen LogP contribution is 2.13. The summed E-state index contributed by atoms with van der Waals surface area (Å²) in [7, 11) is 1.71. The highest BCUT2D eigenvalue weighted by atomic mass is 16.4. The molecule has 3 N–H and O–H groups in total. The van der Waals surface area contributed by atoms with E-state index >= 15 is 0 Å². The number of aromatic nitrogens is 3. The van der Waals surface area contributed by atoms with Gasteiger partial charge in [-0.1, -0.05) is 0 Å². The van der Waals surface area contributed by atoms with Crippen LogP contribution < -0.4 is 10.6 Å². The van der Waals surface area contributed by atoms with Gasteiger partial charge in [-0.3, -0.25) is 10.1 Å². The fourth-order valence-corrected chi connectivity index (χ4v) is 1.03. The minimum absolute atomic E-state index is 0.204. The van der Waals surface area contributed by atoms with Crippen LogP contribution in [0.4, 0.5) is 11.8 Å². The van der Waals surface area contributed by atoms with E-state index in [1.165, 1.54) is 6.33 Å². The van der Waals surface area contributed by atoms with Gasteiger partial charge in [0.1, 0.15) is 6.33 Å². The molecule has 0 unspecified atom stereocenters. The Morgan fingerprint density at radius 3 is 3.00 bits per heavy atom. The highest BCUT2D eigenvalue weighted by molar-refractivity contribution is 6.01. The van der Waals surface area contributed by atoms with E-state index in [0.717, 1.165) is 0 Å². The van der Waals surface area contributed by atoms with Crippen LogP contribution in [0.1, 0.15) is 10.6 Å². The number of amides is 1. The molecule has 0 aliphatic rings. The van der Waals surface area contributed by atoms with Crippen LogP contribution in [0.2, 0.25) is 0 Å². The molecule has 0 atom stereocenters. The molecule has 2 aromatic heterocycles. The number of nitrogens with zero attached hydrogens (tertiary/aromatic N) is 2. The van der Waals surface area contributed by atoms with Crippen LogP contribution >= 0.6 is 0 Å². The molecule has 2 rings (SSSR count). The van der Waals surface area contributed by atoms with Crippen molar-refractivity contribution in [2.24, 2.45) is 0 Å². The van der Waals surface area contributed by atoms with Gasteiger partial charge in [-0.15, -0.1) is 0 Å². The normalized spacial score (nSPS) is 9.93. The lowest BCUT2D eigenvalue weighted by atomic mass is 10.4. The molecule has 0 bridgehead atoms. The van der Waals surface area contributed by atoms with Gasteiger partial charge in [0, 0.05) is 13.1 Å². The van der Waals surface area contributed by atoms with Crippen molar-refractivity contribution in [1.29, 1.82) is 0 Å². The monoisotopic (exact) mass is 207 g/mol. The summed E-state index contributed by atoms with van der Waals surface area (Å²) < 4.78 is 5.16. The molecule has 78 valence electrons. The zero-order valence-electron chi connectivity index (χ0n) is 7.94. The predicted octanol–water partition coefficient (Wildman–Crippen LogP) is 0.692. The number of rotatable bonds is 3. The van der Waals surface area contributed by atoms with Gasteiger partial charge in [0.2, 0.25) is 5.95 Å². The first-order valence-corrected chi connectivity index (χ1v) is 4.24. The second-order valence-corrected chi connectivity index (χ2v) is 2.70. The van der Waals surface area contributed by atoms with Crippen LogP contribution in [0.25, 0.3) is 0 Å². The number of furan rings is 1. The maximum atomic E-state index is 11.5. The van der Waals surface area contributed by atoms with Crippen LogP contribution in [-0.4, -0.2) is 28.1 Å². The summed E-state index contributed by atoms with van der Waals surface area (Å²) in [5.74, 6) is 0.629. The maximum Gasteiger partial charge on any atom is 0.293 e. The molecule has 2 aromatic rings. The van der Waals surface area contributed by atoms with Crippen molar-refractivity contribution in [1.82, 2.24) is 15.2 Å². The lowest BCUT2D eigenvalue weighted by Crippen LogP contribution is -2.11. The largest absolute Gasteiger partial charge is 0.436 e. The van der Waals surface area contributed by atoms with Gasteiger partial charge in [-0.25, -0.2) is 5.10 Å². The summed E-state index contributed by atoms with van der Waals surface area (Å²) in [5.41, 5.74) is 0. The van der Waals surface area contributed by atoms with Crippen molar-refractivity contribution < 1.29 is 9.21 Å². The average Bonchev–Trinajstić information content (AvgIpc) is 2.86. The predicted molar refractivity (Wildman–Crippen MR) is 52.6 cm³/mol. The Balaban J connectivity index is 2.08. The molecule has 7 heteroatoms. The molecule has 0 aliphatic heterocycles. The number of H-pyrrole nitrogens is 1. The summed E-state index contributed by atoms with van der Waals surface area (Å²) in [6.07, 6.45) is 1.30. The average molecular weight is 207 g/mol. The first-order valence-electron chi connectivity index (χ1n) is 4.24. The van der Waals surface area contributed by atoms with E-state index < -0.39 is 0 Å². The van der Waals surface area contributed by atoms with Gasteiger partial charge in [0.15, 0.2) is 11.6 Å². The minimum Gasteiger partial charge on any atom is -0.436 e. The van der Waals surface area contributed by atoms with Gasteiger partial charge < -0.3 is 9.73 Å². The van der Waals surface area contributed by atoms with E-state index in [1.54, 1.807) is 19.2 Å². The van der Waals surface area contributed by atoms with Crippen LogP contribution in [0, 0.1) is 0 Å². The lowest BCUT2D eigenvalue weighted by Gasteiger charge is -1.97. The van der Waals surface area contributed by atoms with Crippen LogP contribution in [-0.2, 0) is 0 Å². The SMILES string of the molecule is CNc1ccc(C(=O)Nc2ncn[nH]2)o1. The Kier molecular flexibility index (Phi) is 2.36. The van der Waals surface area contributed by atoms with Crippen LogP contribution in [0.5, 0.6) is 0 Å². The van der Waals surface area contributed by atoms with E-state index in [2.05, 4.69) is 25.8 Å². The first-order chi connectivity index (χ1) is 7.29. The summed E-state index contributed by atoms with van der Waals surface area (Å²) in [4.78, 5) is 15.3. The van der Waals surface area contributed by atoms with Gasteiger partial charge in [-0.2, -0.15) is 10.1 Å². The smallest absolute Gasteiger partial charge is 0.293 e. The Morgan fingerprint density at radius 2 is 2.40 bits per heavy atom. The van der Waals surface area contributed by atoms with Crippen molar-refractivity contribution in [3.8, 4) is 0 Å². The number of hydrogen-bond acceptors (Lipinski definition) is 5. The molecule has 2 heterocycles. The fraction of sp³-hybridized carbons (Fsp3) is 0.125. The summed E-state index contributed by atoms with van der Waals surface area (Å²) in [5, 5.41) is 11.4. The van der Waals surface area contributed by atoms with Crippen molar-refractivity contribution in [3.05, 3.63) is 24.2 Å². The van der Waals surface area contributed by atoms with Crippen molar-refractivity contribution in [2.45, 2.75) is 0 Å². The summed E-state index contributed by atoms with van der Waals surface area (Å²) in [6.45, 7) is 0. The number of aromatic amines is 1.